The lowest BCUT2D eigenvalue weighted by Gasteiger charge is -2.07. The average Bonchev–Trinajstić information content (AvgIpc) is 3.03. The van der Waals surface area contributed by atoms with Gasteiger partial charge in [-0.2, -0.15) is 0 Å². The van der Waals surface area contributed by atoms with E-state index in [9.17, 15) is 27.6 Å². The number of imide groups is 2. The topological polar surface area (TPSA) is 126 Å². The highest BCUT2D eigenvalue weighted by molar-refractivity contribution is 7.91. The summed E-state index contributed by atoms with van der Waals surface area (Å²) < 4.78 is 25.6. The van der Waals surface area contributed by atoms with Crippen LogP contribution in [-0.2, 0) is 9.84 Å². The third-order valence-electron chi connectivity index (χ3n) is 4.04. The summed E-state index contributed by atoms with van der Waals surface area (Å²) in [4.78, 5) is 46.1. The van der Waals surface area contributed by atoms with Gasteiger partial charge in [0.15, 0.2) is 0 Å². The molecule has 2 heterocycles. The van der Waals surface area contributed by atoms with E-state index in [1.807, 2.05) is 0 Å². The van der Waals surface area contributed by atoms with Crippen LogP contribution in [0.25, 0.3) is 0 Å². The van der Waals surface area contributed by atoms with Crippen molar-refractivity contribution in [1.29, 1.82) is 0 Å². The van der Waals surface area contributed by atoms with Crippen molar-refractivity contribution in [3.63, 3.8) is 0 Å². The summed E-state index contributed by atoms with van der Waals surface area (Å²) in [5, 5.41) is 4.16. The zero-order chi connectivity index (χ0) is 17.9. The molecule has 0 spiro atoms. The van der Waals surface area contributed by atoms with E-state index in [1.165, 1.54) is 24.3 Å². The number of carbonyl (C=O) groups is 4. The summed E-state index contributed by atoms with van der Waals surface area (Å²) in [5.74, 6) is -2.51. The van der Waals surface area contributed by atoms with E-state index in [-0.39, 0.29) is 32.0 Å². The first-order valence-electron chi connectivity index (χ1n) is 7.03. The predicted octanol–water partition coefficient (Wildman–Crippen LogP) is 0.287. The van der Waals surface area contributed by atoms with Gasteiger partial charge in [-0.15, -0.1) is 0 Å². The normalized spacial score (nSPS) is 15.7. The first-order chi connectivity index (χ1) is 11.8. The molecule has 2 aromatic rings. The van der Waals surface area contributed by atoms with Crippen LogP contribution < -0.4 is 10.6 Å². The molecule has 0 radical (unpaired) electrons. The van der Waals surface area contributed by atoms with Gasteiger partial charge in [-0.25, -0.2) is 8.42 Å². The fourth-order valence-electron chi connectivity index (χ4n) is 2.76. The van der Waals surface area contributed by atoms with E-state index >= 15 is 0 Å². The molecule has 2 aromatic carbocycles. The molecule has 2 aliphatic rings. The number of amides is 4. The largest absolute Gasteiger partial charge is 0.288 e. The molecule has 0 saturated heterocycles. The van der Waals surface area contributed by atoms with E-state index < -0.39 is 33.5 Å². The van der Waals surface area contributed by atoms with Gasteiger partial charge in [0.1, 0.15) is 0 Å². The van der Waals surface area contributed by atoms with Crippen LogP contribution in [0.2, 0.25) is 0 Å². The van der Waals surface area contributed by atoms with Crippen molar-refractivity contribution in [2.45, 2.75) is 9.79 Å². The lowest BCUT2D eigenvalue weighted by molar-refractivity contribution is 0.0863. The van der Waals surface area contributed by atoms with Gasteiger partial charge in [-0.05, 0) is 36.4 Å². The van der Waals surface area contributed by atoms with Crippen LogP contribution >= 0.6 is 0 Å². The smallest absolute Gasteiger partial charge is 0.258 e. The number of benzene rings is 2. The molecule has 2 N–H and O–H groups in total. The molecule has 2 aliphatic heterocycles. The summed E-state index contributed by atoms with van der Waals surface area (Å²) in [6.07, 6.45) is 0. The van der Waals surface area contributed by atoms with Crippen molar-refractivity contribution in [2.24, 2.45) is 0 Å². The molecule has 0 fully saturated rings. The van der Waals surface area contributed by atoms with Gasteiger partial charge in [0.25, 0.3) is 23.6 Å². The Hall–Kier alpha value is -3.33. The summed E-state index contributed by atoms with van der Waals surface area (Å²) in [5.41, 5.74) is 0.145. The summed E-state index contributed by atoms with van der Waals surface area (Å²) in [6.45, 7) is 0. The Morgan fingerprint density at radius 3 is 1.32 bits per heavy atom. The third kappa shape index (κ3) is 2.09. The zero-order valence-electron chi connectivity index (χ0n) is 12.3. The maximum atomic E-state index is 12.8. The maximum absolute atomic E-state index is 12.8. The molecule has 0 bridgehead atoms. The number of hydrogen-bond donors (Lipinski definition) is 2. The molecule has 0 aliphatic carbocycles. The Morgan fingerprint density at radius 1 is 0.560 bits per heavy atom. The van der Waals surface area contributed by atoms with Gasteiger partial charge in [-0.3, -0.25) is 29.8 Å². The van der Waals surface area contributed by atoms with Crippen molar-refractivity contribution >= 4 is 33.5 Å². The molecule has 0 saturated carbocycles. The van der Waals surface area contributed by atoms with Crippen LogP contribution in [0.1, 0.15) is 41.4 Å². The monoisotopic (exact) mass is 356 g/mol. The number of sulfone groups is 1. The van der Waals surface area contributed by atoms with Crippen molar-refractivity contribution in [3.05, 3.63) is 58.7 Å². The minimum absolute atomic E-state index is 0.0276. The molecule has 25 heavy (non-hydrogen) atoms. The van der Waals surface area contributed by atoms with Gasteiger partial charge in [0.05, 0.1) is 32.0 Å². The van der Waals surface area contributed by atoms with E-state index in [1.54, 1.807) is 0 Å². The molecule has 8 nitrogen and oxygen atoms in total. The second kappa shape index (κ2) is 4.84. The SMILES string of the molecule is O=C1NC(=O)c2cc(S(=O)(=O)c3ccc4c(c3)C(=O)NC4=O)ccc21. The highest BCUT2D eigenvalue weighted by Gasteiger charge is 2.31. The van der Waals surface area contributed by atoms with Crippen LogP contribution in [0.4, 0.5) is 0 Å². The van der Waals surface area contributed by atoms with Gasteiger partial charge >= 0.3 is 0 Å². The second-order valence-corrected chi connectivity index (χ2v) is 7.43. The molecule has 9 heteroatoms. The number of carbonyl (C=O) groups excluding carboxylic acids is 4. The highest BCUT2D eigenvalue weighted by Crippen LogP contribution is 2.27. The Balaban J connectivity index is 1.84. The number of rotatable bonds is 2. The summed E-state index contributed by atoms with van der Waals surface area (Å²) in [6, 6.07) is 7.17. The Bertz CT molecular complexity index is 1050. The quantitative estimate of drug-likeness (QED) is 0.745. The number of hydrogen-bond acceptors (Lipinski definition) is 6. The molecule has 124 valence electrons. The van der Waals surface area contributed by atoms with Crippen molar-refractivity contribution in [2.75, 3.05) is 0 Å². The minimum atomic E-state index is -4.05. The molecular formula is C16H8N2O6S. The van der Waals surface area contributed by atoms with Gasteiger partial charge in [0.2, 0.25) is 9.84 Å². The van der Waals surface area contributed by atoms with Crippen molar-refractivity contribution in [3.8, 4) is 0 Å². The fraction of sp³-hybridized carbons (Fsp3) is 0. The maximum Gasteiger partial charge on any atom is 0.258 e. The van der Waals surface area contributed by atoms with Gasteiger partial charge in [-0.1, -0.05) is 0 Å². The second-order valence-electron chi connectivity index (χ2n) is 5.48. The standard InChI is InChI=1S/C16H8N2O6S/c19-13-9-3-1-7(5-11(9)15(21)17-13)25(23,24)8-2-4-10-12(6-8)16(22)18-14(10)20/h1-6H,(H,17,19,21)(H,18,20,22). The molecule has 4 rings (SSSR count). The Labute approximate surface area is 140 Å². The van der Waals surface area contributed by atoms with E-state index in [4.69, 9.17) is 0 Å². The van der Waals surface area contributed by atoms with Crippen LogP contribution in [0.3, 0.4) is 0 Å². The number of fused-ring (bicyclic) bond motifs is 2. The summed E-state index contributed by atoms with van der Waals surface area (Å²) in [7, 11) is -4.05. The molecule has 4 amide bonds. The minimum Gasteiger partial charge on any atom is -0.288 e. The highest BCUT2D eigenvalue weighted by atomic mass is 32.2. The first-order valence-corrected chi connectivity index (χ1v) is 8.52. The molecular weight excluding hydrogens is 348 g/mol. The van der Waals surface area contributed by atoms with Crippen LogP contribution in [0, 0.1) is 0 Å². The molecule has 0 unspecified atom stereocenters. The Kier molecular flexibility index (Phi) is 2.94. The van der Waals surface area contributed by atoms with E-state index in [2.05, 4.69) is 10.6 Å². The van der Waals surface area contributed by atoms with E-state index in [0.717, 1.165) is 12.1 Å². The molecule has 0 aromatic heterocycles. The summed E-state index contributed by atoms with van der Waals surface area (Å²) >= 11 is 0. The van der Waals surface area contributed by atoms with Crippen LogP contribution in [-0.4, -0.2) is 32.0 Å². The van der Waals surface area contributed by atoms with E-state index in [0.29, 0.717) is 0 Å². The average molecular weight is 356 g/mol. The van der Waals surface area contributed by atoms with Crippen LogP contribution in [0.5, 0.6) is 0 Å². The first kappa shape index (κ1) is 15.2. The lowest BCUT2D eigenvalue weighted by atomic mass is 10.1. The fourth-order valence-corrected chi connectivity index (χ4v) is 4.08. The van der Waals surface area contributed by atoms with Gasteiger partial charge < -0.3 is 0 Å². The van der Waals surface area contributed by atoms with Crippen molar-refractivity contribution < 1.29 is 27.6 Å². The Morgan fingerprint density at radius 2 is 0.920 bits per heavy atom. The number of nitrogens with one attached hydrogen (secondary N) is 2. The van der Waals surface area contributed by atoms with Crippen LogP contribution in [0.15, 0.2) is 46.2 Å². The van der Waals surface area contributed by atoms with Crippen molar-refractivity contribution in [1.82, 2.24) is 10.6 Å². The lowest BCUT2D eigenvalue weighted by Crippen LogP contribution is -2.19. The van der Waals surface area contributed by atoms with Gasteiger partial charge in [0, 0.05) is 0 Å². The zero-order valence-corrected chi connectivity index (χ0v) is 13.1. The predicted molar refractivity (Wildman–Crippen MR) is 81.9 cm³/mol. The molecule has 0 atom stereocenters. The third-order valence-corrected chi connectivity index (χ3v) is 5.78.